The molecule has 1 aliphatic carbocycles. The molecule has 1 aromatic carbocycles. The van der Waals surface area contributed by atoms with Gasteiger partial charge in [-0.15, -0.1) is 23.2 Å². The Morgan fingerprint density at radius 1 is 0.938 bits per heavy atom. The molecule has 0 aliphatic heterocycles. The number of hydrogen-bond donors (Lipinski definition) is 0. The van der Waals surface area contributed by atoms with Crippen molar-refractivity contribution in [3.05, 3.63) is 42.0 Å². The summed E-state index contributed by atoms with van der Waals surface area (Å²) >= 11 is 24.7. The fourth-order valence-electron chi connectivity index (χ4n) is 1.84. The molecule has 0 saturated heterocycles. The smallest absolute Gasteiger partial charge is 0.101 e. The molecule has 0 bridgehead atoms. The molecule has 0 amide bonds. The Balaban J connectivity index is 2.39. The van der Waals surface area contributed by atoms with Crippen molar-refractivity contribution in [3.63, 3.8) is 0 Å². The fraction of sp³-hybridized carbons (Fsp3) is 0.333. The number of hydrogen-bond acceptors (Lipinski definition) is 0. The van der Waals surface area contributed by atoms with Crippen molar-refractivity contribution in [1.29, 1.82) is 0 Å². The van der Waals surface area contributed by atoms with Crippen molar-refractivity contribution in [3.8, 4) is 0 Å². The van der Waals surface area contributed by atoms with Crippen LogP contribution in [-0.2, 0) is 0 Å². The van der Waals surface area contributed by atoms with E-state index in [1.807, 2.05) is 36.4 Å². The molecule has 1 aliphatic rings. The van der Waals surface area contributed by atoms with Gasteiger partial charge < -0.3 is 0 Å². The maximum absolute atomic E-state index is 6.29. The molecule has 2 rings (SSSR count). The monoisotopic (exact) mass is 294 g/mol. The Labute approximate surface area is 115 Å². The average Bonchev–Trinajstić information content (AvgIpc) is 2.16. The van der Waals surface area contributed by atoms with Crippen LogP contribution >= 0.6 is 46.4 Å². The molecule has 0 radical (unpaired) electrons. The maximum Gasteiger partial charge on any atom is 0.146 e. The molecular formula is C12H10Cl4. The number of alkyl halides is 4. The van der Waals surface area contributed by atoms with Crippen molar-refractivity contribution in [1.82, 2.24) is 0 Å². The minimum Gasteiger partial charge on any atom is -0.101 e. The average molecular weight is 296 g/mol. The van der Waals surface area contributed by atoms with E-state index >= 15 is 0 Å². The molecule has 4 heteroatoms. The summed E-state index contributed by atoms with van der Waals surface area (Å²) in [5.74, 6) is 0. The first-order valence-electron chi connectivity index (χ1n) is 4.92. The quantitative estimate of drug-likeness (QED) is 0.624. The third-order valence-corrected chi connectivity index (χ3v) is 3.81. The van der Waals surface area contributed by atoms with Crippen LogP contribution in [-0.4, -0.2) is 8.67 Å². The summed E-state index contributed by atoms with van der Waals surface area (Å²) in [6.45, 7) is 0. The number of rotatable bonds is 1. The van der Waals surface area contributed by atoms with E-state index in [1.54, 1.807) is 0 Å². The molecule has 86 valence electrons. The third-order valence-electron chi connectivity index (χ3n) is 2.56. The van der Waals surface area contributed by atoms with E-state index in [1.165, 1.54) is 0 Å². The van der Waals surface area contributed by atoms with Gasteiger partial charge in [0.25, 0.3) is 0 Å². The predicted octanol–water partition coefficient (Wildman–Crippen LogP) is 5.21. The van der Waals surface area contributed by atoms with Crippen LogP contribution in [0.2, 0.25) is 0 Å². The van der Waals surface area contributed by atoms with Gasteiger partial charge >= 0.3 is 0 Å². The molecule has 0 heterocycles. The van der Waals surface area contributed by atoms with Gasteiger partial charge in [-0.05, 0) is 17.6 Å². The van der Waals surface area contributed by atoms with Crippen LogP contribution < -0.4 is 0 Å². The SMILES string of the molecule is ClC1(Cl)CC=C(c2ccccc2)C(Cl)(Cl)C1. The van der Waals surface area contributed by atoms with E-state index in [4.69, 9.17) is 46.4 Å². The van der Waals surface area contributed by atoms with Crippen molar-refractivity contribution < 1.29 is 0 Å². The summed E-state index contributed by atoms with van der Waals surface area (Å²) in [6.07, 6.45) is 2.80. The molecule has 0 unspecified atom stereocenters. The molecule has 1 aromatic rings. The summed E-state index contributed by atoms with van der Waals surface area (Å²) in [7, 11) is 0. The maximum atomic E-state index is 6.29. The van der Waals surface area contributed by atoms with E-state index in [0.717, 1.165) is 11.1 Å². The highest BCUT2D eigenvalue weighted by atomic mass is 35.5. The first-order chi connectivity index (χ1) is 7.41. The molecule has 0 aromatic heterocycles. The van der Waals surface area contributed by atoms with Gasteiger partial charge in [0.05, 0.1) is 0 Å². The van der Waals surface area contributed by atoms with Crippen molar-refractivity contribution in [2.24, 2.45) is 0 Å². The van der Waals surface area contributed by atoms with Crippen LogP contribution in [0.4, 0.5) is 0 Å². The number of allylic oxidation sites excluding steroid dienone is 2. The second-order valence-corrected chi connectivity index (χ2v) is 7.05. The summed E-state index contributed by atoms with van der Waals surface area (Å²) in [6, 6.07) is 9.79. The van der Waals surface area contributed by atoms with E-state index in [2.05, 4.69) is 0 Å². The Morgan fingerprint density at radius 2 is 1.56 bits per heavy atom. The van der Waals surface area contributed by atoms with E-state index in [9.17, 15) is 0 Å². The predicted molar refractivity (Wildman–Crippen MR) is 72.5 cm³/mol. The third kappa shape index (κ3) is 2.68. The van der Waals surface area contributed by atoms with Crippen LogP contribution in [0.1, 0.15) is 18.4 Å². The Bertz CT molecular complexity index is 406. The lowest BCUT2D eigenvalue weighted by atomic mass is 9.92. The van der Waals surface area contributed by atoms with E-state index < -0.39 is 8.67 Å². The summed E-state index contributed by atoms with van der Waals surface area (Å²) < 4.78 is -1.90. The number of halogens is 4. The van der Waals surface area contributed by atoms with Crippen LogP contribution in [0.15, 0.2) is 36.4 Å². The van der Waals surface area contributed by atoms with Gasteiger partial charge in [0.15, 0.2) is 0 Å². The zero-order valence-electron chi connectivity index (χ0n) is 8.39. The van der Waals surface area contributed by atoms with Gasteiger partial charge in [0, 0.05) is 6.42 Å². The van der Waals surface area contributed by atoms with Gasteiger partial charge in [-0.2, -0.15) is 0 Å². The van der Waals surface area contributed by atoms with E-state index in [0.29, 0.717) is 12.8 Å². The van der Waals surface area contributed by atoms with Crippen LogP contribution in [0, 0.1) is 0 Å². The lowest BCUT2D eigenvalue weighted by Crippen LogP contribution is -2.30. The van der Waals surface area contributed by atoms with Crippen LogP contribution in [0.5, 0.6) is 0 Å². The Morgan fingerprint density at radius 3 is 2.12 bits per heavy atom. The molecule has 16 heavy (non-hydrogen) atoms. The highest BCUT2D eigenvalue weighted by Crippen LogP contribution is 2.51. The first kappa shape index (κ1) is 12.6. The number of benzene rings is 1. The minimum atomic E-state index is -1.02. The second-order valence-electron chi connectivity index (χ2n) is 3.93. The van der Waals surface area contributed by atoms with Crippen LogP contribution in [0.25, 0.3) is 5.57 Å². The molecule has 0 fully saturated rings. The molecule has 0 atom stereocenters. The van der Waals surface area contributed by atoms with Gasteiger partial charge in [-0.25, -0.2) is 0 Å². The van der Waals surface area contributed by atoms with Gasteiger partial charge in [0.2, 0.25) is 0 Å². The van der Waals surface area contributed by atoms with Crippen molar-refractivity contribution in [2.75, 3.05) is 0 Å². The second kappa shape index (κ2) is 4.42. The van der Waals surface area contributed by atoms with Gasteiger partial charge in [-0.3, -0.25) is 0 Å². The van der Waals surface area contributed by atoms with Crippen LogP contribution in [0.3, 0.4) is 0 Å². The lowest BCUT2D eigenvalue weighted by Gasteiger charge is -2.34. The fourth-order valence-corrected chi connectivity index (χ4v) is 3.50. The van der Waals surface area contributed by atoms with Crippen molar-refractivity contribution in [2.45, 2.75) is 21.5 Å². The van der Waals surface area contributed by atoms with Gasteiger partial charge in [-0.1, -0.05) is 59.6 Å². The zero-order valence-corrected chi connectivity index (χ0v) is 11.4. The highest BCUT2D eigenvalue weighted by molar-refractivity contribution is 6.57. The van der Waals surface area contributed by atoms with Gasteiger partial charge in [0.1, 0.15) is 8.67 Å². The standard InChI is InChI=1S/C12H10Cl4/c13-11(14)7-6-10(12(15,16)8-11)9-4-2-1-3-5-9/h1-6H,7-8H2. The Hall–Kier alpha value is 0.120. The summed E-state index contributed by atoms with van der Waals surface area (Å²) in [4.78, 5) is 0. The normalized spacial score (nSPS) is 22.6. The van der Waals surface area contributed by atoms with E-state index in [-0.39, 0.29) is 0 Å². The largest absolute Gasteiger partial charge is 0.146 e. The minimum absolute atomic E-state index is 0.326. The Kier molecular flexibility index (Phi) is 3.47. The molecule has 0 saturated carbocycles. The summed E-state index contributed by atoms with van der Waals surface area (Å²) in [5.41, 5.74) is 1.89. The topological polar surface area (TPSA) is 0 Å². The lowest BCUT2D eigenvalue weighted by molar-refractivity contribution is 0.668. The molecule has 0 nitrogen and oxygen atoms in total. The zero-order chi connectivity index (χ0) is 11.8. The molecule has 0 spiro atoms. The highest BCUT2D eigenvalue weighted by Gasteiger charge is 2.42. The molecule has 0 N–H and O–H groups in total. The molecular weight excluding hydrogens is 286 g/mol. The first-order valence-corrected chi connectivity index (χ1v) is 6.44. The summed E-state index contributed by atoms with van der Waals surface area (Å²) in [5, 5.41) is 0. The van der Waals surface area contributed by atoms with Crippen molar-refractivity contribution >= 4 is 52.0 Å².